The lowest BCUT2D eigenvalue weighted by atomic mass is 10.1. The fourth-order valence-corrected chi connectivity index (χ4v) is 2.33. The highest BCUT2D eigenvalue weighted by Crippen LogP contribution is 2.21. The highest BCUT2D eigenvalue weighted by molar-refractivity contribution is 7.80. The molecule has 2 aromatic heterocycles. The van der Waals surface area contributed by atoms with Crippen molar-refractivity contribution in [3.63, 3.8) is 0 Å². The minimum Gasteiger partial charge on any atom is -0.462 e. The van der Waals surface area contributed by atoms with Gasteiger partial charge in [-0.2, -0.15) is 0 Å². The van der Waals surface area contributed by atoms with Gasteiger partial charge in [0.05, 0.1) is 11.9 Å². The number of thiocarbonyl (C=S) groups is 1. The fourth-order valence-electron chi connectivity index (χ4n) is 2.05. The number of carbonyl (C=O) groups is 2. The predicted octanol–water partition coefficient (Wildman–Crippen LogP) is 1.81. The number of furan rings is 1. The molecule has 0 atom stereocenters. The Balaban J connectivity index is 2.01. The first kappa shape index (κ1) is 14.2. The summed E-state index contributed by atoms with van der Waals surface area (Å²) >= 11 is 5.08. The molecule has 1 aliphatic heterocycles. The summed E-state index contributed by atoms with van der Waals surface area (Å²) in [7, 11) is 0. The number of nitrogens with one attached hydrogen (secondary N) is 1. The minimum absolute atomic E-state index is 0.0239. The van der Waals surface area contributed by atoms with Crippen LogP contribution in [0.4, 0.5) is 5.69 Å². The number of aryl methyl sites for hydroxylation is 1. The van der Waals surface area contributed by atoms with E-state index < -0.39 is 11.8 Å². The molecule has 0 radical (unpaired) electrons. The Hall–Kier alpha value is -2.80. The number of rotatable bonds is 2. The van der Waals surface area contributed by atoms with E-state index in [1.807, 2.05) is 0 Å². The van der Waals surface area contributed by atoms with Gasteiger partial charge in [0.1, 0.15) is 17.1 Å². The van der Waals surface area contributed by atoms with Gasteiger partial charge in [-0.1, -0.05) is 0 Å². The van der Waals surface area contributed by atoms with Crippen LogP contribution in [0.1, 0.15) is 11.5 Å². The molecule has 1 aliphatic rings. The summed E-state index contributed by atoms with van der Waals surface area (Å²) in [6.45, 7) is 1.78. The Morgan fingerprint density at radius 2 is 2.14 bits per heavy atom. The molecule has 0 spiro atoms. The van der Waals surface area contributed by atoms with E-state index in [4.69, 9.17) is 16.6 Å². The Morgan fingerprint density at radius 3 is 2.77 bits per heavy atom. The Bertz CT molecular complexity index is 795. The first-order chi connectivity index (χ1) is 10.6. The molecule has 3 rings (SSSR count). The zero-order valence-electron chi connectivity index (χ0n) is 11.6. The first-order valence-corrected chi connectivity index (χ1v) is 6.85. The lowest BCUT2D eigenvalue weighted by Gasteiger charge is -2.28. The summed E-state index contributed by atoms with van der Waals surface area (Å²) < 4.78 is 5.38. The van der Waals surface area contributed by atoms with Crippen LogP contribution in [-0.4, -0.2) is 21.9 Å². The second kappa shape index (κ2) is 5.53. The van der Waals surface area contributed by atoms with Crippen molar-refractivity contribution in [2.24, 2.45) is 0 Å². The first-order valence-electron chi connectivity index (χ1n) is 6.44. The molecule has 0 aliphatic carbocycles. The van der Waals surface area contributed by atoms with E-state index in [2.05, 4.69) is 10.3 Å². The van der Waals surface area contributed by atoms with Crippen LogP contribution in [0.5, 0.6) is 0 Å². The fraction of sp³-hybridized carbons (Fsp3) is 0.0667. The van der Waals surface area contributed by atoms with Gasteiger partial charge >= 0.3 is 0 Å². The molecular weight excluding hydrogens is 302 g/mol. The van der Waals surface area contributed by atoms with E-state index in [1.165, 1.54) is 17.2 Å². The van der Waals surface area contributed by atoms with Crippen LogP contribution in [0.15, 0.2) is 46.6 Å². The minimum atomic E-state index is -0.552. The van der Waals surface area contributed by atoms with Crippen LogP contribution in [-0.2, 0) is 9.59 Å². The molecule has 2 amide bonds. The molecule has 110 valence electrons. The van der Waals surface area contributed by atoms with Crippen LogP contribution in [0.3, 0.4) is 0 Å². The molecule has 1 N–H and O–H groups in total. The van der Waals surface area contributed by atoms with Crippen molar-refractivity contribution in [1.82, 2.24) is 10.3 Å². The third-order valence-electron chi connectivity index (χ3n) is 3.05. The third kappa shape index (κ3) is 2.53. The number of nitrogens with zero attached hydrogens (tertiary/aromatic N) is 2. The van der Waals surface area contributed by atoms with E-state index >= 15 is 0 Å². The van der Waals surface area contributed by atoms with Gasteiger partial charge in [-0.25, -0.2) is 0 Å². The molecule has 3 heterocycles. The number of amides is 2. The average molecular weight is 313 g/mol. The lowest BCUT2D eigenvalue weighted by molar-refractivity contribution is -0.122. The van der Waals surface area contributed by atoms with E-state index in [0.717, 1.165) is 0 Å². The van der Waals surface area contributed by atoms with E-state index in [1.54, 1.807) is 37.4 Å². The van der Waals surface area contributed by atoms with Gasteiger partial charge in [-0.05, 0) is 49.5 Å². The highest BCUT2D eigenvalue weighted by Gasteiger charge is 2.34. The van der Waals surface area contributed by atoms with Gasteiger partial charge in [0, 0.05) is 6.20 Å². The van der Waals surface area contributed by atoms with Crippen LogP contribution < -0.4 is 10.2 Å². The molecule has 0 unspecified atom stereocenters. The van der Waals surface area contributed by atoms with Gasteiger partial charge in [0.15, 0.2) is 5.11 Å². The standard InChI is InChI=1S/C15H11N3O3S/c1-9-4-5-11(21-9)7-12-13(19)17-15(22)18(14(12)20)10-3-2-6-16-8-10/h2-8H,1H3,(H,17,19,22)/b12-7+. The van der Waals surface area contributed by atoms with E-state index in [9.17, 15) is 9.59 Å². The molecule has 6 nitrogen and oxygen atoms in total. The van der Waals surface area contributed by atoms with Gasteiger partial charge in [-0.3, -0.25) is 24.8 Å². The Kier molecular flexibility index (Phi) is 3.56. The molecule has 0 saturated carbocycles. The van der Waals surface area contributed by atoms with Gasteiger partial charge in [-0.15, -0.1) is 0 Å². The van der Waals surface area contributed by atoms with Gasteiger partial charge < -0.3 is 4.42 Å². The SMILES string of the molecule is Cc1ccc(/C=C2\C(=O)NC(=S)N(c3cccnc3)C2=O)o1. The molecule has 7 heteroatoms. The third-order valence-corrected chi connectivity index (χ3v) is 3.34. The Morgan fingerprint density at radius 1 is 1.32 bits per heavy atom. The molecule has 0 bridgehead atoms. The Labute approximate surface area is 131 Å². The summed E-state index contributed by atoms with van der Waals surface area (Å²) in [6, 6.07) is 6.80. The lowest BCUT2D eigenvalue weighted by Crippen LogP contribution is -2.54. The zero-order valence-corrected chi connectivity index (χ0v) is 12.4. The summed E-state index contributed by atoms with van der Waals surface area (Å²) in [5.41, 5.74) is 0.436. The predicted molar refractivity (Wildman–Crippen MR) is 83.9 cm³/mol. The number of carbonyl (C=O) groups excluding carboxylic acids is 2. The van der Waals surface area contributed by atoms with Crippen molar-refractivity contribution >= 4 is 40.9 Å². The molecule has 0 aromatic carbocycles. The summed E-state index contributed by atoms with van der Waals surface area (Å²) in [5.74, 6) is 0.0464. The van der Waals surface area contributed by atoms with Gasteiger partial charge in [0.25, 0.3) is 11.8 Å². The van der Waals surface area contributed by atoms with Crippen LogP contribution in [0.2, 0.25) is 0 Å². The second-order valence-corrected chi connectivity index (χ2v) is 5.00. The van der Waals surface area contributed by atoms with Crippen LogP contribution in [0.25, 0.3) is 6.08 Å². The van der Waals surface area contributed by atoms with E-state index in [0.29, 0.717) is 17.2 Å². The number of hydrogen-bond acceptors (Lipinski definition) is 5. The maximum Gasteiger partial charge on any atom is 0.270 e. The number of aromatic nitrogens is 1. The number of hydrogen-bond donors (Lipinski definition) is 1. The number of anilines is 1. The largest absolute Gasteiger partial charge is 0.462 e. The van der Waals surface area contributed by atoms with Crippen molar-refractivity contribution in [3.05, 3.63) is 53.8 Å². The molecule has 2 aromatic rings. The summed E-state index contributed by atoms with van der Waals surface area (Å²) in [5, 5.41) is 2.52. The maximum atomic E-state index is 12.6. The average Bonchev–Trinajstić information content (AvgIpc) is 2.90. The second-order valence-electron chi connectivity index (χ2n) is 4.62. The number of pyridine rings is 1. The molecule has 1 fully saturated rings. The maximum absolute atomic E-state index is 12.6. The molecule has 1 saturated heterocycles. The van der Waals surface area contributed by atoms with Crippen molar-refractivity contribution in [2.75, 3.05) is 4.90 Å². The van der Waals surface area contributed by atoms with Crippen molar-refractivity contribution < 1.29 is 14.0 Å². The molecular formula is C15H11N3O3S. The highest BCUT2D eigenvalue weighted by atomic mass is 32.1. The van der Waals surface area contributed by atoms with Gasteiger partial charge in [0.2, 0.25) is 0 Å². The quantitative estimate of drug-likeness (QED) is 0.520. The van der Waals surface area contributed by atoms with Crippen LogP contribution in [0, 0.1) is 6.92 Å². The zero-order chi connectivity index (χ0) is 15.7. The smallest absolute Gasteiger partial charge is 0.270 e. The monoisotopic (exact) mass is 313 g/mol. The van der Waals surface area contributed by atoms with Crippen LogP contribution >= 0.6 is 12.2 Å². The van der Waals surface area contributed by atoms with Crippen molar-refractivity contribution in [3.8, 4) is 0 Å². The summed E-state index contributed by atoms with van der Waals surface area (Å²) in [4.78, 5) is 29.8. The van der Waals surface area contributed by atoms with Crippen molar-refractivity contribution in [1.29, 1.82) is 0 Å². The van der Waals surface area contributed by atoms with Crippen molar-refractivity contribution in [2.45, 2.75) is 6.92 Å². The topological polar surface area (TPSA) is 75.4 Å². The van der Waals surface area contributed by atoms with E-state index in [-0.39, 0.29) is 10.7 Å². The molecule has 22 heavy (non-hydrogen) atoms. The summed E-state index contributed by atoms with van der Waals surface area (Å²) in [6.07, 6.45) is 4.48. The normalized spacial score (nSPS) is 17.0.